The minimum absolute atomic E-state index is 0. The van der Waals surface area contributed by atoms with Crippen LogP contribution in [0.15, 0.2) is 29.2 Å². The summed E-state index contributed by atoms with van der Waals surface area (Å²) in [7, 11) is -1.58. The molecule has 1 fully saturated rings. The van der Waals surface area contributed by atoms with Gasteiger partial charge in [0.15, 0.2) is 0 Å². The molecule has 116 valence electrons. The maximum atomic E-state index is 12.9. The van der Waals surface area contributed by atoms with Crippen molar-refractivity contribution in [1.82, 2.24) is 8.87 Å². The minimum atomic E-state index is -3.48. The minimum Gasteiger partial charge on any atom is -0.347 e. The molecule has 1 atom stereocenters. The molecule has 2 heterocycles. The van der Waals surface area contributed by atoms with E-state index < -0.39 is 10.0 Å². The number of aryl methyl sites for hydroxylation is 1. The Kier molecular flexibility index (Phi) is 4.35. The van der Waals surface area contributed by atoms with Gasteiger partial charge in [-0.05, 0) is 19.4 Å². The molecule has 0 radical (unpaired) electrons. The monoisotopic (exact) mass is 329 g/mol. The number of nitrogens with zero attached hydrogens (tertiary/aromatic N) is 2. The van der Waals surface area contributed by atoms with E-state index in [0.717, 1.165) is 23.0 Å². The van der Waals surface area contributed by atoms with Crippen molar-refractivity contribution in [3.63, 3.8) is 0 Å². The van der Waals surface area contributed by atoms with Gasteiger partial charge in [-0.1, -0.05) is 18.2 Å². The van der Waals surface area contributed by atoms with Crippen molar-refractivity contribution in [2.75, 3.05) is 13.1 Å². The smallest absolute Gasteiger partial charge is 0.245 e. The molecule has 0 spiro atoms. The van der Waals surface area contributed by atoms with E-state index >= 15 is 0 Å². The molecule has 1 aliphatic heterocycles. The Bertz CT molecular complexity index is 770. The average molecular weight is 330 g/mol. The molecular formula is C14H20ClN3O2S. The predicted octanol–water partition coefficient (Wildman–Crippen LogP) is 1.63. The molecule has 5 nitrogen and oxygen atoms in total. The Balaban J connectivity index is 0.00000161. The summed E-state index contributed by atoms with van der Waals surface area (Å²) in [5.74, 6) is 0. The standard InChI is InChI=1S/C14H19N3O2S.ClH/c1-10-14(12-5-3-4-6-13(12)16(10)2)20(18,19)17-8-7-11(15)9-17;/h3-6,11H,7-9,15H2,1-2H3;1H. The van der Waals surface area contributed by atoms with Gasteiger partial charge < -0.3 is 10.3 Å². The lowest BCUT2D eigenvalue weighted by atomic mass is 10.2. The molecule has 1 aromatic carbocycles. The van der Waals surface area contributed by atoms with E-state index in [1.165, 1.54) is 4.31 Å². The zero-order valence-electron chi connectivity index (χ0n) is 12.1. The fraction of sp³-hybridized carbons (Fsp3) is 0.429. The molecule has 3 rings (SSSR count). The Morgan fingerprint density at radius 2 is 1.95 bits per heavy atom. The molecule has 1 saturated heterocycles. The highest BCUT2D eigenvalue weighted by atomic mass is 35.5. The van der Waals surface area contributed by atoms with Crippen molar-refractivity contribution in [1.29, 1.82) is 0 Å². The lowest BCUT2D eigenvalue weighted by Gasteiger charge is -2.16. The van der Waals surface area contributed by atoms with Gasteiger partial charge >= 0.3 is 0 Å². The molecule has 1 aliphatic rings. The van der Waals surface area contributed by atoms with Crippen LogP contribution in [0.3, 0.4) is 0 Å². The molecule has 1 unspecified atom stereocenters. The van der Waals surface area contributed by atoms with Crippen LogP contribution in [0.1, 0.15) is 12.1 Å². The van der Waals surface area contributed by atoms with Crippen LogP contribution in [0.5, 0.6) is 0 Å². The summed E-state index contributed by atoms with van der Waals surface area (Å²) in [6.45, 7) is 2.76. The van der Waals surface area contributed by atoms with Crippen LogP contribution in [0, 0.1) is 6.92 Å². The topological polar surface area (TPSA) is 68.3 Å². The Labute approximate surface area is 131 Å². The van der Waals surface area contributed by atoms with Crippen molar-refractivity contribution in [2.45, 2.75) is 24.3 Å². The Morgan fingerprint density at radius 1 is 1.29 bits per heavy atom. The van der Waals surface area contributed by atoms with E-state index in [9.17, 15) is 8.42 Å². The number of hydrogen-bond acceptors (Lipinski definition) is 3. The molecule has 0 saturated carbocycles. The first-order valence-electron chi connectivity index (χ1n) is 6.72. The zero-order chi connectivity index (χ0) is 14.5. The average Bonchev–Trinajstić information content (AvgIpc) is 2.95. The summed E-state index contributed by atoms with van der Waals surface area (Å²) >= 11 is 0. The third kappa shape index (κ3) is 2.46. The Morgan fingerprint density at radius 3 is 2.57 bits per heavy atom. The van der Waals surface area contributed by atoms with Crippen molar-refractivity contribution >= 4 is 33.3 Å². The van der Waals surface area contributed by atoms with E-state index in [4.69, 9.17) is 5.73 Å². The van der Waals surface area contributed by atoms with Gasteiger partial charge in [-0.25, -0.2) is 8.42 Å². The molecule has 2 N–H and O–H groups in total. The number of hydrogen-bond donors (Lipinski definition) is 1. The van der Waals surface area contributed by atoms with Crippen molar-refractivity contribution in [3.8, 4) is 0 Å². The highest BCUT2D eigenvalue weighted by molar-refractivity contribution is 7.89. The van der Waals surface area contributed by atoms with Crippen LogP contribution in [0.4, 0.5) is 0 Å². The first kappa shape index (κ1) is 16.3. The van der Waals surface area contributed by atoms with Crippen LogP contribution in [-0.4, -0.2) is 36.4 Å². The van der Waals surface area contributed by atoms with Crippen LogP contribution >= 0.6 is 12.4 Å². The van der Waals surface area contributed by atoms with Gasteiger partial charge in [0.25, 0.3) is 0 Å². The summed E-state index contributed by atoms with van der Waals surface area (Å²) in [5.41, 5.74) is 7.55. The molecule has 0 aliphatic carbocycles. The van der Waals surface area contributed by atoms with Gasteiger partial charge in [-0.2, -0.15) is 4.31 Å². The quantitative estimate of drug-likeness (QED) is 0.910. The second-order valence-electron chi connectivity index (χ2n) is 5.40. The summed E-state index contributed by atoms with van der Waals surface area (Å²) in [5, 5.41) is 0.785. The fourth-order valence-corrected chi connectivity index (χ4v) is 4.87. The molecule has 21 heavy (non-hydrogen) atoms. The summed E-state index contributed by atoms with van der Waals surface area (Å²) in [6.07, 6.45) is 0.725. The highest BCUT2D eigenvalue weighted by Crippen LogP contribution is 2.32. The third-order valence-electron chi connectivity index (χ3n) is 4.13. The second kappa shape index (κ2) is 5.61. The van der Waals surface area contributed by atoms with Gasteiger partial charge in [-0.15, -0.1) is 12.4 Å². The van der Waals surface area contributed by atoms with Gasteiger partial charge in [-0.3, -0.25) is 0 Å². The molecule has 2 aromatic rings. The number of halogens is 1. The number of aromatic nitrogens is 1. The van der Waals surface area contributed by atoms with Crippen molar-refractivity contribution < 1.29 is 8.42 Å². The molecule has 7 heteroatoms. The molecule has 1 aromatic heterocycles. The number of para-hydroxylation sites is 1. The number of rotatable bonds is 2. The van der Waals surface area contributed by atoms with Crippen molar-refractivity contribution in [3.05, 3.63) is 30.0 Å². The fourth-order valence-electron chi connectivity index (χ4n) is 2.91. The predicted molar refractivity (Wildman–Crippen MR) is 86.3 cm³/mol. The van der Waals surface area contributed by atoms with E-state index in [1.54, 1.807) is 0 Å². The van der Waals surface area contributed by atoms with Gasteiger partial charge in [0, 0.05) is 42.8 Å². The van der Waals surface area contributed by atoms with Crippen LogP contribution < -0.4 is 5.73 Å². The van der Waals surface area contributed by atoms with Crippen LogP contribution in [0.25, 0.3) is 10.9 Å². The van der Waals surface area contributed by atoms with E-state index in [2.05, 4.69) is 0 Å². The third-order valence-corrected chi connectivity index (χ3v) is 6.17. The van der Waals surface area contributed by atoms with E-state index in [-0.39, 0.29) is 18.4 Å². The SMILES string of the molecule is Cc1c(S(=O)(=O)N2CCC(N)C2)c2ccccc2n1C.Cl. The number of benzene rings is 1. The maximum Gasteiger partial charge on any atom is 0.245 e. The maximum absolute atomic E-state index is 12.9. The lowest BCUT2D eigenvalue weighted by molar-refractivity contribution is 0.472. The number of nitrogens with two attached hydrogens (primary N) is 1. The van der Waals surface area contributed by atoms with Crippen LogP contribution in [0.2, 0.25) is 0 Å². The van der Waals surface area contributed by atoms with E-state index in [0.29, 0.717) is 18.0 Å². The molecule has 0 amide bonds. The first-order chi connectivity index (χ1) is 9.43. The van der Waals surface area contributed by atoms with Gasteiger partial charge in [0.2, 0.25) is 10.0 Å². The normalized spacial score (nSPS) is 19.9. The number of sulfonamides is 1. The zero-order valence-corrected chi connectivity index (χ0v) is 13.7. The van der Waals surface area contributed by atoms with Crippen LogP contribution in [-0.2, 0) is 17.1 Å². The van der Waals surface area contributed by atoms with Gasteiger partial charge in [0.1, 0.15) is 4.90 Å². The lowest BCUT2D eigenvalue weighted by Crippen LogP contribution is -2.32. The van der Waals surface area contributed by atoms with E-state index in [1.807, 2.05) is 42.8 Å². The Hall–Kier alpha value is -1.08. The summed E-state index contributed by atoms with van der Waals surface area (Å²) < 4.78 is 29.2. The first-order valence-corrected chi connectivity index (χ1v) is 8.16. The highest BCUT2D eigenvalue weighted by Gasteiger charge is 2.34. The van der Waals surface area contributed by atoms with Gasteiger partial charge in [0.05, 0.1) is 0 Å². The molecule has 0 bridgehead atoms. The van der Waals surface area contributed by atoms with Crippen molar-refractivity contribution in [2.24, 2.45) is 12.8 Å². The second-order valence-corrected chi connectivity index (χ2v) is 7.28. The summed E-state index contributed by atoms with van der Waals surface area (Å²) in [4.78, 5) is 0.421. The largest absolute Gasteiger partial charge is 0.347 e. The number of fused-ring (bicyclic) bond motifs is 1. The molecular weight excluding hydrogens is 310 g/mol. The summed E-state index contributed by atoms with van der Waals surface area (Å²) in [6, 6.07) is 7.54.